The second kappa shape index (κ2) is 4.57. The number of nitrogen functional groups attached to an aromatic ring is 1. The van der Waals surface area contributed by atoms with Gasteiger partial charge in [0.25, 0.3) is 5.91 Å². The second-order valence-electron chi connectivity index (χ2n) is 2.69. The van der Waals surface area contributed by atoms with E-state index in [0.717, 1.165) is 0 Å². The molecule has 1 amide bonds. The molecule has 0 saturated heterocycles. The van der Waals surface area contributed by atoms with Gasteiger partial charge in [-0.2, -0.15) is 0 Å². The van der Waals surface area contributed by atoms with E-state index in [-0.39, 0.29) is 5.69 Å². The third-order valence-electron chi connectivity index (χ3n) is 1.70. The summed E-state index contributed by atoms with van der Waals surface area (Å²) in [6, 6.07) is 3.27. The van der Waals surface area contributed by atoms with Gasteiger partial charge in [0.15, 0.2) is 0 Å². The first-order valence-corrected chi connectivity index (χ1v) is 4.30. The number of amides is 1. The highest BCUT2D eigenvalue weighted by atomic mass is 16.5. The van der Waals surface area contributed by atoms with Crippen molar-refractivity contribution in [2.45, 2.75) is 13.8 Å². The Bertz CT molecular complexity index is 339. The molecular weight excluding hydrogens is 182 g/mol. The molecule has 1 aromatic rings. The summed E-state index contributed by atoms with van der Waals surface area (Å²) in [7, 11) is 0. The number of hydrogen-bond donors (Lipinski definition) is 2. The van der Waals surface area contributed by atoms with Crippen LogP contribution in [0.25, 0.3) is 0 Å². The van der Waals surface area contributed by atoms with Crippen molar-refractivity contribution in [2.75, 3.05) is 6.61 Å². The fourth-order valence-electron chi connectivity index (χ4n) is 1.06. The molecule has 0 radical (unpaired) electrons. The van der Waals surface area contributed by atoms with Gasteiger partial charge in [0.05, 0.1) is 12.3 Å². The molecule has 14 heavy (non-hydrogen) atoms. The van der Waals surface area contributed by atoms with Gasteiger partial charge in [-0.25, -0.2) is 10.8 Å². The number of carbonyl (C=O) groups excluding carboxylic acids is 1. The predicted octanol–water partition coefficient (Wildman–Crippen LogP) is 0.392. The van der Waals surface area contributed by atoms with Gasteiger partial charge in [0.1, 0.15) is 11.4 Å². The number of nitrogens with zero attached hydrogens (tertiary/aromatic N) is 1. The smallest absolute Gasteiger partial charge is 0.283 e. The van der Waals surface area contributed by atoms with Crippen LogP contribution in [0, 0.1) is 6.92 Å². The standard InChI is InChI=1S/C9H13N3O2/c1-3-14-8-5-4-7(9(13)12-10)11-6(8)2/h4-5H,3,10H2,1-2H3,(H,12,13). The molecule has 5 heteroatoms. The molecule has 3 N–H and O–H groups in total. The number of pyridine rings is 1. The minimum absolute atomic E-state index is 0.286. The van der Waals surface area contributed by atoms with E-state index >= 15 is 0 Å². The number of hydrazine groups is 1. The van der Waals surface area contributed by atoms with E-state index in [0.29, 0.717) is 18.1 Å². The Balaban J connectivity index is 2.94. The van der Waals surface area contributed by atoms with Gasteiger partial charge in [-0.05, 0) is 26.0 Å². The number of ether oxygens (including phenoxy) is 1. The largest absolute Gasteiger partial charge is 0.492 e. The summed E-state index contributed by atoms with van der Waals surface area (Å²) in [5.41, 5.74) is 2.98. The lowest BCUT2D eigenvalue weighted by Gasteiger charge is -2.07. The van der Waals surface area contributed by atoms with E-state index in [2.05, 4.69) is 4.98 Å². The zero-order chi connectivity index (χ0) is 10.6. The molecule has 0 aliphatic carbocycles. The summed E-state index contributed by atoms with van der Waals surface area (Å²) in [6.07, 6.45) is 0. The van der Waals surface area contributed by atoms with Crippen molar-refractivity contribution in [3.05, 3.63) is 23.5 Å². The molecule has 1 rings (SSSR count). The maximum absolute atomic E-state index is 11.1. The fraction of sp³-hybridized carbons (Fsp3) is 0.333. The van der Waals surface area contributed by atoms with Crippen molar-refractivity contribution in [3.8, 4) is 5.75 Å². The van der Waals surface area contributed by atoms with E-state index < -0.39 is 5.91 Å². The normalized spacial score (nSPS) is 9.64. The molecule has 0 bridgehead atoms. The van der Waals surface area contributed by atoms with Gasteiger partial charge in [-0.3, -0.25) is 10.2 Å². The Morgan fingerprint density at radius 1 is 1.64 bits per heavy atom. The van der Waals surface area contributed by atoms with Gasteiger partial charge in [-0.1, -0.05) is 0 Å². The molecule has 0 aliphatic heterocycles. The summed E-state index contributed by atoms with van der Waals surface area (Å²) >= 11 is 0. The molecule has 0 saturated carbocycles. The molecule has 0 aromatic carbocycles. The van der Waals surface area contributed by atoms with Crippen LogP contribution in [-0.4, -0.2) is 17.5 Å². The highest BCUT2D eigenvalue weighted by Crippen LogP contribution is 2.15. The summed E-state index contributed by atoms with van der Waals surface area (Å²) in [4.78, 5) is 15.1. The Kier molecular flexibility index (Phi) is 3.41. The van der Waals surface area contributed by atoms with Gasteiger partial charge in [0.2, 0.25) is 0 Å². The Morgan fingerprint density at radius 3 is 2.86 bits per heavy atom. The number of hydrogen-bond acceptors (Lipinski definition) is 4. The second-order valence-corrected chi connectivity index (χ2v) is 2.69. The van der Waals surface area contributed by atoms with Crippen LogP contribution in [0.2, 0.25) is 0 Å². The fourth-order valence-corrected chi connectivity index (χ4v) is 1.06. The van der Waals surface area contributed by atoms with E-state index in [9.17, 15) is 4.79 Å². The summed E-state index contributed by atoms with van der Waals surface area (Å²) in [5, 5.41) is 0. The van der Waals surface area contributed by atoms with Crippen LogP contribution in [0.1, 0.15) is 23.1 Å². The maximum Gasteiger partial charge on any atom is 0.283 e. The number of nitrogens with one attached hydrogen (secondary N) is 1. The van der Waals surface area contributed by atoms with Gasteiger partial charge in [-0.15, -0.1) is 0 Å². The van der Waals surface area contributed by atoms with Crippen LogP contribution in [0.15, 0.2) is 12.1 Å². The first kappa shape index (κ1) is 10.5. The average molecular weight is 195 g/mol. The van der Waals surface area contributed by atoms with E-state index in [1.807, 2.05) is 12.3 Å². The van der Waals surface area contributed by atoms with Gasteiger partial charge in [0, 0.05) is 0 Å². The van der Waals surface area contributed by atoms with Crippen LogP contribution >= 0.6 is 0 Å². The Hall–Kier alpha value is -1.62. The summed E-state index contributed by atoms with van der Waals surface area (Å²) in [5.74, 6) is 5.26. The van der Waals surface area contributed by atoms with E-state index in [4.69, 9.17) is 10.6 Å². The molecule has 5 nitrogen and oxygen atoms in total. The van der Waals surface area contributed by atoms with E-state index in [1.165, 1.54) is 0 Å². The first-order valence-electron chi connectivity index (χ1n) is 4.30. The molecule has 76 valence electrons. The van der Waals surface area contributed by atoms with Crippen LogP contribution in [0.5, 0.6) is 5.75 Å². The van der Waals surface area contributed by atoms with Gasteiger partial charge >= 0.3 is 0 Å². The number of aromatic nitrogens is 1. The number of rotatable bonds is 3. The Morgan fingerprint density at radius 2 is 2.36 bits per heavy atom. The quantitative estimate of drug-likeness (QED) is 0.415. The third-order valence-corrected chi connectivity index (χ3v) is 1.70. The SMILES string of the molecule is CCOc1ccc(C(=O)NN)nc1C. The van der Waals surface area contributed by atoms with Crippen molar-refractivity contribution >= 4 is 5.91 Å². The van der Waals surface area contributed by atoms with Crippen molar-refractivity contribution in [1.82, 2.24) is 10.4 Å². The Labute approximate surface area is 82.2 Å². The number of carbonyl (C=O) groups is 1. The third kappa shape index (κ3) is 2.20. The lowest BCUT2D eigenvalue weighted by molar-refractivity contribution is 0.0948. The van der Waals surface area contributed by atoms with Gasteiger partial charge < -0.3 is 4.74 Å². The zero-order valence-electron chi connectivity index (χ0n) is 8.20. The minimum Gasteiger partial charge on any atom is -0.492 e. The monoisotopic (exact) mass is 195 g/mol. The molecule has 0 fully saturated rings. The van der Waals surface area contributed by atoms with Crippen molar-refractivity contribution in [1.29, 1.82) is 0 Å². The number of nitrogens with two attached hydrogens (primary N) is 1. The molecule has 0 aliphatic rings. The molecular formula is C9H13N3O2. The predicted molar refractivity (Wildman–Crippen MR) is 51.8 cm³/mol. The lowest BCUT2D eigenvalue weighted by atomic mass is 10.3. The highest BCUT2D eigenvalue weighted by Gasteiger charge is 2.07. The molecule has 0 unspecified atom stereocenters. The molecule has 0 atom stereocenters. The summed E-state index contributed by atoms with van der Waals surface area (Å²) in [6.45, 7) is 4.24. The van der Waals surface area contributed by atoms with E-state index in [1.54, 1.807) is 19.1 Å². The van der Waals surface area contributed by atoms with Crippen molar-refractivity contribution < 1.29 is 9.53 Å². The molecule has 1 aromatic heterocycles. The van der Waals surface area contributed by atoms with Crippen LogP contribution < -0.4 is 16.0 Å². The van der Waals surface area contributed by atoms with Crippen LogP contribution in [0.3, 0.4) is 0 Å². The molecule has 0 spiro atoms. The zero-order valence-corrected chi connectivity index (χ0v) is 8.20. The van der Waals surface area contributed by atoms with Crippen LogP contribution in [0.4, 0.5) is 0 Å². The van der Waals surface area contributed by atoms with Crippen molar-refractivity contribution in [2.24, 2.45) is 5.84 Å². The topological polar surface area (TPSA) is 77.2 Å². The summed E-state index contributed by atoms with van der Waals surface area (Å²) < 4.78 is 5.28. The average Bonchev–Trinajstić information content (AvgIpc) is 2.20. The van der Waals surface area contributed by atoms with Crippen LogP contribution in [-0.2, 0) is 0 Å². The number of aryl methyl sites for hydroxylation is 1. The minimum atomic E-state index is -0.406. The maximum atomic E-state index is 11.1. The lowest BCUT2D eigenvalue weighted by Crippen LogP contribution is -2.30. The highest BCUT2D eigenvalue weighted by molar-refractivity contribution is 5.91. The van der Waals surface area contributed by atoms with Crippen molar-refractivity contribution in [3.63, 3.8) is 0 Å². The molecule has 1 heterocycles. The first-order chi connectivity index (χ1) is 6.69.